The molecule has 2 aromatic rings. The fourth-order valence-electron chi connectivity index (χ4n) is 1.92. The van der Waals surface area contributed by atoms with E-state index in [1.165, 1.54) is 20.4 Å². The Hall–Kier alpha value is -2.44. The summed E-state index contributed by atoms with van der Waals surface area (Å²) in [7, 11) is 3.02. The first-order valence-electron chi connectivity index (χ1n) is 7.16. The molecule has 0 unspecified atom stereocenters. The molecular formula is C17H20N2O4. The van der Waals surface area contributed by atoms with E-state index in [1.54, 1.807) is 12.1 Å². The van der Waals surface area contributed by atoms with E-state index < -0.39 is 6.29 Å². The van der Waals surface area contributed by atoms with Gasteiger partial charge in [-0.15, -0.1) is 0 Å². The molecule has 0 radical (unpaired) electrons. The Labute approximate surface area is 135 Å². The van der Waals surface area contributed by atoms with Crippen LogP contribution in [0.25, 0.3) is 0 Å². The molecule has 1 heterocycles. The summed E-state index contributed by atoms with van der Waals surface area (Å²) >= 11 is 0. The minimum Gasteiger partial charge on any atom is -0.456 e. The third kappa shape index (κ3) is 5.05. The van der Waals surface area contributed by atoms with Crippen molar-refractivity contribution in [1.82, 2.24) is 10.3 Å². The highest BCUT2D eigenvalue weighted by Gasteiger charge is 2.11. The number of benzene rings is 1. The van der Waals surface area contributed by atoms with E-state index in [-0.39, 0.29) is 12.5 Å². The highest BCUT2D eigenvalue weighted by molar-refractivity contribution is 5.92. The molecule has 23 heavy (non-hydrogen) atoms. The molecule has 0 saturated carbocycles. The van der Waals surface area contributed by atoms with E-state index in [9.17, 15) is 4.79 Å². The largest absolute Gasteiger partial charge is 0.456 e. The molecular weight excluding hydrogens is 296 g/mol. The van der Waals surface area contributed by atoms with E-state index in [0.29, 0.717) is 11.4 Å². The van der Waals surface area contributed by atoms with Gasteiger partial charge in [0.2, 0.25) is 0 Å². The van der Waals surface area contributed by atoms with Crippen molar-refractivity contribution < 1.29 is 19.0 Å². The van der Waals surface area contributed by atoms with Gasteiger partial charge in [0.1, 0.15) is 17.2 Å². The number of aryl methyl sites for hydroxylation is 1. The van der Waals surface area contributed by atoms with Gasteiger partial charge in [-0.1, -0.05) is 12.1 Å². The van der Waals surface area contributed by atoms with Crippen LogP contribution in [0.3, 0.4) is 0 Å². The number of carbonyl (C=O) groups excluding carboxylic acids is 1. The van der Waals surface area contributed by atoms with Gasteiger partial charge in [-0.25, -0.2) is 4.98 Å². The summed E-state index contributed by atoms with van der Waals surface area (Å²) in [4.78, 5) is 16.1. The zero-order valence-electron chi connectivity index (χ0n) is 13.4. The van der Waals surface area contributed by atoms with E-state index in [4.69, 9.17) is 14.2 Å². The maximum Gasteiger partial charge on any atom is 0.270 e. The predicted octanol–water partition coefficient (Wildman–Crippen LogP) is 2.53. The van der Waals surface area contributed by atoms with Gasteiger partial charge >= 0.3 is 0 Å². The SMILES string of the molecule is COC(CNC(=O)c1ccc(Oc2cccc(C)c2)cn1)OC. The first-order valence-corrected chi connectivity index (χ1v) is 7.16. The standard InChI is InChI=1S/C17H20N2O4/c1-12-5-4-6-13(9-12)23-14-7-8-15(18-10-14)17(20)19-11-16(21-2)22-3/h4-10,16H,11H2,1-3H3,(H,19,20). The average molecular weight is 316 g/mol. The lowest BCUT2D eigenvalue weighted by atomic mass is 10.2. The summed E-state index contributed by atoms with van der Waals surface area (Å²) < 4.78 is 15.7. The lowest BCUT2D eigenvalue weighted by Crippen LogP contribution is -2.34. The van der Waals surface area contributed by atoms with Crippen molar-refractivity contribution >= 4 is 5.91 Å². The van der Waals surface area contributed by atoms with Crippen LogP contribution in [0.4, 0.5) is 0 Å². The lowest BCUT2D eigenvalue weighted by molar-refractivity contribution is -0.0974. The van der Waals surface area contributed by atoms with Crippen LogP contribution in [0.1, 0.15) is 16.1 Å². The van der Waals surface area contributed by atoms with E-state index in [0.717, 1.165) is 11.3 Å². The summed E-state index contributed by atoms with van der Waals surface area (Å²) in [5, 5.41) is 2.69. The molecule has 1 aromatic heterocycles. The molecule has 0 atom stereocenters. The number of carbonyl (C=O) groups is 1. The Morgan fingerprint density at radius 2 is 1.96 bits per heavy atom. The molecule has 0 bridgehead atoms. The quantitative estimate of drug-likeness (QED) is 0.795. The van der Waals surface area contributed by atoms with Crippen LogP contribution < -0.4 is 10.1 Å². The topological polar surface area (TPSA) is 69.7 Å². The smallest absolute Gasteiger partial charge is 0.270 e. The number of rotatable bonds is 7. The number of nitrogens with zero attached hydrogens (tertiary/aromatic N) is 1. The highest BCUT2D eigenvalue weighted by atomic mass is 16.7. The third-order valence-corrected chi connectivity index (χ3v) is 3.15. The number of aromatic nitrogens is 1. The van der Waals surface area contributed by atoms with Gasteiger partial charge < -0.3 is 19.5 Å². The zero-order chi connectivity index (χ0) is 16.7. The molecule has 1 amide bonds. The van der Waals surface area contributed by atoms with Crippen LogP contribution in [-0.4, -0.2) is 37.9 Å². The van der Waals surface area contributed by atoms with Gasteiger partial charge in [0.05, 0.1) is 12.7 Å². The van der Waals surface area contributed by atoms with Crippen LogP contribution in [-0.2, 0) is 9.47 Å². The van der Waals surface area contributed by atoms with E-state index in [1.807, 2.05) is 31.2 Å². The Balaban J connectivity index is 1.95. The number of ether oxygens (including phenoxy) is 3. The molecule has 0 spiro atoms. The minimum atomic E-state index is -0.483. The van der Waals surface area contributed by atoms with Gasteiger partial charge in [-0.2, -0.15) is 0 Å². The van der Waals surface area contributed by atoms with Crippen LogP contribution in [0.15, 0.2) is 42.6 Å². The monoisotopic (exact) mass is 316 g/mol. The minimum absolute atomic E-state index is 0.245. The van der Waals surface area contributed by atoms with Crippen molar-refractivity contribution in [3.05, 3.63) is 53.9 Å². The molecule has 0 aliphatic carbocycles. The van der Waals surface area contributed by atoms with Gasteiger partial charge in [0.25, 0.3) is 5.91 Å². The van der Waals surface area contributed by atoms with Crippen molar-refractivity contribution in [3.63, 3.8) is 0 Å². The first kappa shape index (κ1) is 16.9. The lowest BCUT2D eigenvalue weighted by Gasteiger charge is -2.13. The number of nitrogens with one attached hydrogen (secondary N) is 1. The fourth-order valence-corrected chi connectivity index (χ4v) is 1.92. The molecule has 0 fully saturated rings. The molecule has 2 rings (SSSR count). The predicted molar refractivity (Wildman–Crippen MR) is 85.6 cm³/mol. The second kappa shape index (κ2) is 8.26. The maximum atomic E-state index is 12.0. The highest BCUT2D eigenvalue weighted by Crippen LogP contribution is 2.21. The number of methoxy groups -OCH3 is 2. The average Bonchev–Trinajstić information content (AvgIpc) is 2.56. The van der Waals surface area contributed by atoms with Gasteiger partial charge in [-0.05, 0) is 36.8 Å². The normalized spacial score (nSPS) is 10.6. The number of pyridine rings is 1. The molecule has 6 heteroatoms. The van der Waals surface area contributed by atoms with E-state index in [2.05, 4.69) is 10.3 Å². The molecule has 122 valence electrons. The van der Waals surface area contributed by atoms with Crippen molar-refractivity contribution in [2.75, 3.05) is 20.8 Å². The second-order valence-electron chi connectivity index (χ2n) is 4.91. The Bertz CT molecular complexity index is 639. The summed E-state index contributed by atoms with van der Waals surface area (Å²) in [5.41, 5.74) is 1.41. The summed E-state index contributed by atoms with van der Waals surface area (Å²) in [6, 6.07) is 11.0. The van der Waals surface area contributed by atoms with Crippen molar-refractivity contribution in [2.24, 2.45) is 0 Å². The Morgan fingerprint density at radius 1 is 1.17 bits per heavy atom. The van der Waals surface area contributed by atoms with Crippen LogP contribution in [0.5, 0.6) is 11.5 Å². The first-order chi connectivity index (χ1) is 11.1. The van der Waals surface area contributed by atoms with Crippen molar-refractivity contribution in [1.29, 1.82) is 0 Å². The van der Waals surface area contributed by atoms with Crippen molar-refractivity contribution in [3.8, 4) is 11.5 Å². The molecule has 1 aromatic carbocycles. The number of hydrogen-bond donors (Lipinski definition) is 1. The molecule has 0 saturated heterocycles. The third-order valence-electron chi connectivity index (χ3n) is 3.15. The summed E-state index contributed by atoms with van der Waals surface area (Å²) in [5.74, 6) is 0.997. The second-order valence-corrected chi connectivity index (χ2v) is 4.91. The van der Waals surface area contributed by atoms with Gasteiger partial charge in [0, 0.05) is 14.2 Å². The molecule has 6 nitrogen and oxygen atoms in total. The van der Waals surface area contributed by atoms with Gasteiger partial charge in [0.15, 0.2) is 6.29 Å². The Morgan fingerprint density at radius 3 is 2.57 bits per heavy atom. The van der Waals surface area contributed by atoms with Crippen molar-refractivity contribution in [2.45, 2.75) is 13.2 Å². The Kier molecular flexibility index (Phi) is 6.08. The zero-order valence-corrected chi connectivity index (χ0v) is 13.4. The summed E-state index contributed by atoms with van der Waals surface area (Å²) in [6.07, 6.45) is 1.03. The molecule has 0 aliphatic rings. The number of amides is 1. The molecule has 1 N–H and O–H groups in total. The maximum absolute atomic E-state index is 12.0. The van der Waals surface area contributed by atoms with Crippen LogP contribution in [0, 0.1) is 6.92 Å². The van der Waals surface area contributed by atoms with Gasteiger partial charge in [-0.3, -0.25) is 4.79 Å². The number of hydrogen-bond acceptors (Lipinski definition) is 5. The van der Waals surface area contributed by atoms with Crippen LogP contribution in [0.2, 0.25) is 0 Å². The van der Waals surface area contributed by atoms with E-state index >= 15 is 0 Å². The summed E-state index contributed by atoms with van der Waals surface area (Å²) in [6.45, 7) is 2.24. The fraction of sp³-hybridized carbons (Fsp3) is 0.294. The van der Waals surface area contributed by atoms with Crippen LogP contribution >= 0.6 is 0 Å². The molecule has 0 aliphatic heterocycles.